The van der Waals surface area contributed by atoms with Crippen LogP contribution >= 0.6 is 0 Å². The number of ether oxygens (including phenoxy) is 2. The highest BCUT2D eigenvalue weighted by atomic mass is 16.6. The number of carbonyl (C=O) groups excluding carboxylic acids is 1. The first-order chi connectivity index (χ1) is 6.06. The molecule has 1 aliphatic rings. The zero-order valence-electron chi connectivity index (χ0n) is 8.63. The fourth-order valence-electron chi connectivity index (χ4n) is 0.924. The van der Waals surface area contributed by atoms with Crippen molar-refractivity contribution in [3.8, 4) is 0 Å². The van der Waals surface area contributed by atoms with Crippen LogP contribution in [0.2, 0.25) is 0 Å². The summed E-state index contributed by atoms with van der Waals surface area (Å²) in [4.78, 5) is 11.5. The Morgan fingerprint density at radius 1 is 1.62 bits per heavy atom. The van der Waals surface area contributed by atoms with Crippen molar-refractivity contribution in [2.75, 3.05) is 13.2 Å². The third kappa shape index (κ3) is 2.69. The minimum absolute atomic E-state index is 0.120. The average molecular weight is 186 g/mol. The van der Waals surface area contributed by atoms with Gasteiger partial charge in [0.15, 0.2) is 0 Å². The monoisotopic (exact) mass is 186 g/mol. The molecule has 13 heavy (non-hydrogen) atoms. The van der Waals surface area contributed by atoms with Crippen molar-refractivity contribution in [3.63, 3.8) is 0 Å². The van der Waals surface area contributed by atoms with Gasteiger partial charge in [-0.1, -0.05) is 6.92 Å². The molecule has 0 amide bonds. The van der Waals surface area contributed by atoms with Gasteiger partial charge in [0.1, 0.15) is 6.61 Å². The lowest BCUT2D eigenvalue weighted by atomic mass is 9.91. The van der Waals surface area contributed by atoms with Crippen LogP contribution in [0.3, 0.4) is 0 Å². The third-order valence-electron chi connectivity index (χ3n) is 2.63. The summed E-state index contributed by atoms with van der Waals surface area (Å²) < 4.78 is 10.3. The van der Waals surface area contributed by atoms with E-state index in [1.807, 2.05) is 20.8 Å². The van der Waals surface area contributed by atoms with E-state index in [0.29, 0.717) is 6.61 Å². The lowest BCUT2D eigenvalue weighted by molar-refractivity contribution is -0.164. The highest BCUT2D eigenvalue weighted by Crippen LogP contribution is 2.22. The first kappa shape index (κ1) is 10.5. The Morgan fingerprint density at radius 3 is 2.62 bits per heavy atom. The second kappa shape index (κ2) is 4.09. The van der Waals surface area contributed by atoms with Gasteiger partial charge in [-0.15, -0.1) is 0 Å². The van der Waals surface area contributed by atoms with Gasteiger partial charge in [-0.05, 0) is 20.3 Å². The number of hydrogen-bond acceptors (Lipinski definition) is 3. The molecular weight excluding hydrogens is 168 g/mol. The van der Waals surface area contributed by atoms with Gasteiger partial charge in [-0.25, -0.2) is 0 Å². The highest BCUT2D eigenvalue weighted by Gasteiger charge is 2.29. The van der Waals surface area contributed by atoms with Gasteiger partial charge < -0.3 is 9.47 Å². The molecule has 1 saturated heterocycles. The van der Waals surface area contributed by atoms with E-state index in [2.05, 4.69) is 0 Å². The molecule has 1 heterocycles. The van der Waals surface area contributed by atoms with E-state index in [4.69, 9.17) is 9.47 Å². The summed E-state index contributed by atoms with van der Waals surface area (Å²) in [6.07, 6.45) is 1.97. The van der Waals surface area contributed by atoms with E-state index in [1.165, 1.54) is 0 Å². The van der Waals surface area contributed by atoms with Crippen LogP contribution in [0.1, 0.15) is 33.6 Å². The van der Waals surface area contributed by atoms with Gasteiger partial charge in [-0.3, -0.25) is 4.79 Å². The maximum atomic E-state index is 11.5. The van der Waals surface area contributed by atoms with Gasteiger partial charge in [0.05, 0.1) is 11.5 Å². The normalized spacial score (nSPS) is 22.2. The van der Waals surface area contributed by atoms with Gasteiger partial charge in [-0.2, -0.15) is 0 Å². The summed E-state index contributed by atoms with van der Waals surface area (Å²) in [7, 11) is 0. The van der Waals surface area contributed by atoms with Crippen molar-refractivity contribution in [1.29, 1.82) is 0 Å². The predicted molar refractivity (Wildman–Crippen MR) is 49.4 cm³/mol. The molecule has 0 aromatic rings. The number of hydrogen-bond donors (Lipinski definition) is 0. The van der Waals surface area contributed by atoms with E-state index < -0.39 is 0 Å². The van der Waals surface area contributed by atoms with Crippen LogP contribution in [0.25, 0.3) is 0 Å². The Bertz CT molecular complexity index is 183. The van der Waals surface area contributed by atoms with Crippen molar-refractivity contribution in [2.45, 2.75) is 39.7 Å². The Labute approximate surface area is 79.4 Å². The average Bonchev–Trinajstić information content (AvgIpc) is 2.01. The van der Waals surface area contributed by atoms with Crippen LogP contribution in [0.4, 0.5) is 0 Å². The zero-order chi connectivity index (χ0) is 9.90. The zero-order valence-corrected chi connectivity index (χ0v) is 8.63. The fourth-order valence-corrected chi connectivity index (χ4v) is 0.924. The molecule has 0 bridgehead atoms. The van der Waals surface area contributed by atoms with E-state index >= 15 is 0 Å². The molecule has 0 aliphatic carbocycles. The lowest BCUT2D eigenvalue weighted by Crippen LogP contribution is -2.35. The van der Waals surface area contributed by atoms with Crippen LogP contribution < -0.4 is 0 Å². The molecule has 0 radical (unpaired) electrons. The van der Waals surface area contributed by atoms with Crippen LogP contribution in [0, 0.1) is 5.41 Å². The second-order valence-electron chi connectivity index (χ2n) is 4.12. The molecule has 1 fully saturated rings. The van der Waals surface area contributed by atoms with E-state index in [9.17, 15) is 4.79 Å². The van der Waals surface area contributed by atoms with Gasteiger partial charge >= 0.3 is 5.97 Å². The van der Waals surface area contributed by atoms with Crippen molar-refractivity contribution in [3.05, 3.63) is 0 Å². The van der Waals surface area contributed by atoms with Crippen LogP contribution in [0.15, 0.2) is 0 Å². The van der Waals surface area contributed by atoms with Crippen molar-refractivity contribution >= 4 is 5.97 Å². The number of esters is 1. The van der Waals surface area contributed by atoms with E-state index in [1.54, 1.807) is 0 Å². The lowest BCUT2D eigenvalue weighted by Gasteiger charge is -2.28. The fraction of sp³-hybridized carbons (Fsp3) is 0.900. The van der Waals surface area contributed by atoms with Crippen molar-refractivity contribution in [2.24, 2.45) is 5.41 Å². The molecule has 0 spiro atoms. The summed E-state index contributed by atoms with van der Waals surface area (Å²) >= 11 is 0. The largest absolute Gasteiger partial charge is 0.463 e. The Hall–Kier alpha value is -0.570. The maximum absolute atomic E-state index is 11.5. The Morgan fingerprint density at radius 2 is 2.23 bits per heavy atom. The first-order valence-corrected chi connectivity index (χ1v) is 4.85. The third-order valence-corrected chi connectivity index (χ3v) is 2.63. The van der Waals surface area contributed by atoms with Crippen LogP contribution in [0.5, 0.6) is 0 Å². The predicted octanol–water partition coefficient (Wildman–Crippen LogP) is 1.75. The first-order valence-electron chi connectivity index (χ1n) is 4.85. The molecule has 0 saturated carbocycles. The second-order valence-corrected chi connectivity index (χ2v) is 4.12. The SMILES string of the molecule is CCC(C)(C)C(=O)OCC1CCO1. The molecule has 0 aromatic carbocycles. The molecule has 1 rings (SSSR count). The number of carbonyl (C=O) groups is 1. The number of rotatable bonds is 4. The highest BCUT2D eigenvalue weighted by molar-refractivity contribution is 5.75. The standard InChI is InChI=1S/C10H18O3/c1-4-10(2,3)9(11)13-7-8-5-6-12-8/h8H,4-7H2,1-3H3. The summed E-state index contributed by atoms with van der Waals surface area (Å²) in [5, 5.41) is 0. The van der Waals surface area contributed by atoms with Crippen LogP contribution in [-0.4, -0.2) is 25.3 Å². The minimum atomic E-state index is -0.357. The van der Waals surface area contributed by atoms with Gasteiger partial charge in [0.25, 0.3) is 0 Å². The molecule has 3 heteroatoms. The van der Waals surface area contributed by atoms with Crippen molar-refractivity contribution in [1.82, 2.24) is 0 Å². The molecular formula is C10H18O3. The summed E-state index contributed by atoms with van der Waals surface area (Å²) in [5.41, 5.74) is -0.357. The molecule has 0 aromatic heterocycles. The molecule has 3 nitrogen and oxygen atoms in total. The Balaban J connectivity index is 2.23. The quantitative estimate of drug-likeness (QED) is 0.627. The molecule has 0 N–H and O–H groups in total. The van der Waals surface area contributed by atoms with Gasteiger partial charge in [0, 0.05) is 13.0 Å². The topological polar surface area (TPSA) is 35.5 Å². The summed E-state index contributed by atoms with van der Waals surface area (Å²) in [6.45, 7) is 7.01. The smallest absolute Gasteiger partial charge is 0.311 e. The van der Waals surface area contributed by atoms with Crippen molar-refractivity contribution < 1.29 is 14.3 Å². The van der Waals surface area contributed by atoms with E-state index in [-0.39, 0.29) is 17.5 Å². The molecule has 76 valence electrons. The van der Waals surface area contributed by atoms with Crippen LogP contribution in [-0.2, 0) is 14.3 Å². The Kier molecular flexibility index (Phi) is 3.31. The molecule has 1 aliphatic heterocycles. The molecule has 1 atom stereocenters. The summed E-state index contributed by atoms with van der Waals surface area (Å²) in [5.74, 6) is -0.120. The van der Waals surface area contributed by atoms with Gasteiger partial charge in [0.2, 0.25) is 0 Å². The molecule has 1 unspecified atom stereocenters. The van der Waals surface area contributed by atoms with E-state index in [0.717, 1.165) is 19.4 Å². The summed E-state index contributed by atoms with van der Waals surface area (Å²) in [6, 6.07) is 0. The minimum Gasteiger partial charge on any atom is -0.463 e. The maximum Gasteiger partial charge on any atom is 0.311 e.